The SMILES string of the molecule is CCOc1cc(C=C(C#N)c2ccccn2)ccc1OCC(F)(F)F. The molecule has 0 bridgehead atoms. The number of nitriles is 1. The first-order valence-corrected chi connectivity index (χ1v) is 7.42. The second kappa shape index (κ2) is 8.20. The number of aromatic nitrogens is 1. The molecule has 0 aliphatic heterocycles. The highest BCUT2D eigenvalue weighted by Crippen LogP contribution is 2.31. The van der Waals surface area contributed by atoms with Gasteiger partial charge in [-0.15, -0.1) is 0 Å². The van der Waals surface area contributed by atoms with Crippen LogP contribution in [-0.2, 0) is 0 Å². The Labute approximate surface area is 143 Å². The van der Waals surface area contributed by atoms with E-state index in [0.29, 0.717) is 16.8 Å². The van der Waals surface area contributed by atoms with Crippen LogP contribution in [0, 0.1) is 11.3 Å². The number of nitrogens with zero attached hydrogens (tertiary/aromatic N) is 2. The van der Waals surface area contributed by atoms with E-state index < -0.39 is 12.8 Å². The lowest BCUT2D eigenvalue weighted by Crippen LogP contribution is -2.19. The van der Waals surface area contributed by atoms with E-state index in [4.69, 9.17) is 9.47 Å². The summed E-state index contributed by atoms with van der Waals surface area (Å²) < 4.78 is 47.1. The molecule has 0 unspecified atom stereocenters. The van der Waals surface area contributed by atoms with Crippen LogP contribution < -0.4 is 9.47 Å². The lowest BCUT2D eigenvalue weighted by atomic mass is 10.1. The van der Waals surface area contributed by atoms with E-state index >= 15 is 0 Å². The summed E-state index contributed by atoms with van der Waals surface area (Å²) in [6.45, 7) is 0.575. The van der Waals surface area contributed by atoms with Crippen LogP contribution in [0.25, 0.3) is 11.6 Å². The van der Waals surface area contributed by atoms with Crippen LogP contribution in [0.1, 0.15) is 18.2 Å². The first-order chi connectivity index (χ1) is 11.9. The number of allylic oxidation sites excluding steroid dienone is 1. The Morgan fingerprint density at radius 2 is 2.00 bits per heavy atom. The number of alkyl halides is 3. The second-order valence-corrected chi connectivity index (χ2v) is 4.93. The van der Waals surface area contributed by atoms with Gasteiger partial charge in [0.05, 0.1) is 17.9 Å². The summed E-state index contributed by atoms with van der Waals surface area (Å²) in [7, 11) is 0. The number of rotatable bonds is 6. The highest BCUT2D eigenvalue weighted by molar-refractivity contribution is 5.88. The first kappa shape index (κ1) is 18.3. The van der Waals surface area contributed by atoms with Gasteiger partial charge in [-0.25, -0.2) is 0 Å². The van der Waals surface area contributed by atoms with Crippen LogP contribution in [0.5, 0.6) is 11.5 Å². The van der Waals surface area contributed by atoms with Crippen molar-refractivity contribution in [1.82, 2.24) is 4.98 Å². The first-order valence-electron chi connectivity index (χ1n) is 7.42. The molecule has 0 spiro atoms. The van der Waals surface area contributed by atoms with Gasteiger partial charge in [0.25, 0.3) is 0 Å². The van der Waals surface area contributed by atoms with Crippen LogP contribution in [0.4, 0.5) is 13.2 Å². The Kier molecular flexibility index (Phi) is 6.01. The monoisotopic (exact) mass is 348 g/mol. The van der Waals surface area contributed by atoms with Crippen molar-refractivity contribution in [2.45, 2.75) is 13.1 Å². The summed E-state index contributed by atoms with van der Waals surface area (Å²) in [6, 6.07) is 11.7. The predicted octanol–water partition coefficient (Wildman–Crippen LogP) is 4.49. The fraction of sp³-hybridized carbons (Fsp3) is 0.222. The number of pyridine rings is 1. The third kappa shape index (κ3) is 5.53. The van der Waals surface area contributed by atoms with Gasteiger partial charge in [-0.3, -0.25) is 4.98 Å². The maximum absolute atomic E-state index is 12.3. The highest BCUT2D eigenvalue weighted by Gasteiger charge is 2.29. The van der Waals surface area contributed by atoms with Crippen LogP contribution in [0.3, 0.4) is 0 Å². The second-order valence-electron chi connectivity index (χ2n) is 4.93. The highest BCUT2D eigenvalue weighted by atomic mass is 19.4. The molecule has 0 aliphatic rings. The van der Waals surface area contributed by atoms with E-state index in [1.165, 1.54) is 12.1 Å². The Morgan fingerprint density at radius 1 is 1.20 bits per heavy atom. The molecule has 2 rings (SSSR count). The molecule has 7 heteroatoms. The standard InChI is InChI=1S/C18H15F3N2O2/c1-2-24-17-10-13(6-7-16(17)25-12-18(19,20)21)9-14(11-22)15-5-3-4-8-23-15/h3-10H,2,12H2,1H3. The molecule has 130 valence electrons. The molecule has 0 amide bonds. The summed E-state index contributed by atoms with van der Waals surface area (Å²) in [5, 5.41) is 9.30. The van der Waals surface area contributed by atoms with Crippen molar-refractivity contribution in [1.29, 1.82) is 5.26 Å². The molecule has 4 nitrogen and oxygen atoms in total. The van der Waals surface area contributed by atoms with Crippen molar-refractivity contribution < 1.29 is 22.6 Å². The van der Waals surface area contributed by atoms with E-state index in [9.17, 15) is 18.4 Å². The lowest BCUT2D eigenvalue weighted by molar-refractivity contribution is -0.153. The molecule has 0 atom stereocenters. The molecule has 1 aromatic carbocycles. The van der Waals surface area contributed by atoms with Gasteiger partial charge in [0, 0.05) is 6.20 Å². The van der Waals surface area contributed by atoms with E-state index in [1.54, 1.807) is 43.5 Å². The van der Waals surface area contributed by atoms with Gasteiger partial charge in [0.2, 0.25) is 0 Å². The third-order valence-electron chi connectivity index (χ3n) is 3.03. The Morgan fingerprint density at radius 3 is 2.60 bits per heavy atom. The van der Waals surface area contributed by atoms with E-state index in [0.717, 1.165) is 0 Å². The van der Waals surface area contributed by atoms with Gasteiger partial charge in [-0.1, -0.05) is 12.1 Å². The largest absolute Gasteiger partial charge is 0.490 e. The molecule has 0 N–H and O–H groups in total. The van der Waals surface area contributed by atoms with Gasteiger partial charge in [0.15, 0.2) is 18.1 Å². The van der Waals surface area contributed by atoms with Crippen molar-refractivity contribution in [2.24, 2.45) is 0 Å². The minimum Gasteiger partial charge on any atom is -0.490 e. The molecule has 0 saturated carbocycles. The minimum absolute atomic E-state index is 0.00679. The number of halogens is 3. The molecule has 0 fully saturated rings. The fourth-order valence-corrected chi connectivity index (χ4v) is 2.01. The van der Waals surface area contributed by atoms with E-state index in [-0.39, 0.29) is 18.1 Å². The Bertz CT molecular complexity index is 781. The summed E-state index contributed by atoms with van der Waals surface area (Å²) in [4.78, 5) is 4.11. The maximum Gasteiger partial charge on any atom is 0.422 e. The average Bonchev–Trinajstić information content (AvgIpc) is 2.59. The quantitative estimate of drug-likeness (QED) is 0.722. The van der Waals surface area contributed by atoms with Gasteiger partial charge in [0.1, 0.15) is 6.07 Å². The summed E-state index contributed by atoms with van der Waals surface area (Å²) in [5.41, 5.74) is 1.41. The average molecular weight is 348 g/mol. The summed E-state index contributed by atoms with van der Waals surface area (Å²) in [6.07, 6.45) is -1.28. The predicted molar refractivity (Wildman–Crippen MR) is 86.9 cm³/mol. The molecule has 2 aromatic rings. The van der Waals surface area contributed by atoms with Crippen molar-refractivity contribution in [3.05, 3.63) is 53.9 Å². The Hall–Kier alpha value is -3.01. The number of hydrogen-bond donors (Lipinski definition) is 0. The minimum atomic E-state index is -4.44. The van der Waals surface area contributed by atoms with Crippen LogP contribution >= 0.6 is 0 Å². The number of hydrogen-bond acceptors (Lipinski definition) is 4. The molecule has 0 radical (unpaired) electrons. The molecule has 25 heavy (non-hydrogen) atoms. The Balaban J connectivity index is 2.31. The number of benzene rings is 1. The molecular formula is C18H15F3N2O2. The zero-order chi connectivity index (χ0) is 18.3. The van der Waals surface area contributed by atoms with Crippen LogP contribution in [-0.4, -0.2) is 24.4 Å². The van der Waals surface area contributed by atoms with Gasteiger partial charge in [-0.2, -0.15) is 18.4 Å². The van der Waals surface area contributed by atoms with Gasteiger partial charge >= 0.3 is 6.18 Å². The molecule has 1 aromatic heterocycles. The number of ether oxygens (including phenoxy) is 2. The zero-order valence-corrected chi connectivity index (χ0v) is 13.4. The summed E-state index contributed by atoms with van der Waals surface area (Å²) in [5.74, 6) is 0.173. The topological polar surface area (TPSA) is 55.1 Å². The zero-order valence-electron chi connectivity index (χ0n) is 13.4. The van der Waals surface area contributed by atoms with E-state index in [1.807, 2.05) is 0 Å². The van der Waals surface area contributed by atoms with Crippen molar-refractivity contribution in [3.63, 3.8) is 0 Å². The van der Waals surface area contributed by atoms with Crippen molar-refractivity contribution in [2.75, 3.05) is 13.2 Å². The smallest absolute Gasteiger partial charge is 0.422 e. The van der Waals surface area contributed by atoms with Crippen molar-refractivity contribution >= 4 is 11.6 Å². The van der Waals surface area contributed by atoms with Gasteiger partial charge in [-0.05, 0) is 42.8 Å². The summed E-state index contributed by atoms with van der Waals surface area (Å²) >= 11 is 0. The molecule has 0 aliphatic carbocycles. The van der Waals surface area contributed by atoms with Gasteiger partial charge < -0.3 is 9.47 Å². The van der Waals surface area contributed by atoms with E-state index in [2.05, 4.69) is 11.1 Å². The van der Waals surface area contributed by atoms with Crippen LogP contribution in [0.2, 0.25) is 0 Å². The molecule has 1 heterocycles. The fourth-order valence-electron chi connectivity index (χ4n) is 2.01. The molecule has 0 saturated heterocycles. The lowest BCUT2D eigenvalue weighted by Gasteiger charge is -2.14. The maximum atomic E-state index is 12.3. The van der Waals surface area contributed by atoms with Crippen LogP contribution in [0.15, 0.2) is 42.6 Å². The van der Waals surface area contributed by atoms with Crippen molar-refractivity contribution in [3.8, 4) is 17.6 Å². The third-order valence-corrected chi connectivity index (χ3v) is 3.03. The normalized spacial score (nSPS) is 11.7. The molecular weight excluding hydrogens is 333 g/mol.